The molecule has 2 amide bonds. The number of amides is 2. The maximum absolute atomic E-state index is 12.7. The van der Waals surface area contributed by atoms with Crippen molar-refractivity contribution in [3.05, 3.63) is 57.5 Å². The lowest BCUT2D eigenvalue weighted by Gasteiger charge is -2.20. The van der Waals surface area contributed by atoms with Gasteiger partial charge in [-0.1, -0.05) is 39.7 Å². The maximum atomic E-state index is 12.7. The largest absolute Gasteiger partial charge is 0.490 e. The second kappa shape index (κ2) is 9.05. The Morgan fingerprint density at radius 2 is 1.92 bits per heavy atom. The molecule has 26 heavy (non-hydrogen) atoms. The van der Waals surface area contributed by atoms with Gasteiger partial charge in [0.05, 0.1) is 28.9 Å². The van der Waals surface area contributed by atoms with Crippen LogP contribution in [0.4, 0.5) is 5.69 Å². The minimum atomic E-state index is -0.336. The molecule has 0 aromatic heterocycles. The van der Waals surface area contributed by atoms with Crippen molar-refractivity contribution in [3.63, 3.8) is 0 Å². The number of para-hydroxylation sites is 1. The van der Waals surface area contributed by atoms with E-state index >= 15 is 0 Å². The van der Waals surface area contributed by atoms with Crippen molar-refractivity contribution >= 4 is 45.0 Å². The fraction of sp³-hybridized carbons (Fsp3) is 0.263. The second-order valence-electron chi connectivity index (χ2n) is 6.00. The van der Waals surface area contributed by atoms with Gasteiger partial charge in [-0.15, -0.1) is 0 Å². The average molecular weight is 440 g/mol. The molecule has 7 heteroatoms. The van der Waals surface area contributed by atoms with E-state index in [0.717, 1.165) is 4.47 Å². The van der Waals surface area contributed by atoms with Gasteiger partial charge in [0.25, 0.3) is 5.91 Å². The first-order chi connectivity index (χ1) is 12.3. The number of anilines is 1. The van der Waals surface area contributed by atoms with E-state index in [4.69, 9.17) is 16.3 Å². The van der Waals surface area contributed by atoms with Gasteiger partial charge in [-0.3, -0.25) is 9.59 Å². The number of hydrogen-bond acceptors (Lipinski definition) is 3. The first-order valence-electron chi connectivity index (χ1n) is 8.04. The molecule has 138 valence electrons. The molecule has 5 nitrogen and oxygen atoms in total. The number of benzene rings is 2. The summed E-state index contributed by atoms with van der Waals surface area (Å²) in [6.07, 6.45) is -0.0790. The van der Waals surface area contributed by atoms with Crippen molar-refractivity contribution in [2.45, 2.75) is 20.0 Å². The number of hydrogen-bond donors (Lipinski definition) is 1. The molecular formula is C19H20BrClN2O3. The Labute approximate surface area is 166 Å². The molecule has 0 radical (unpaired) electrons. The molecule has 2 rings (SSSR count). The van der Waals surface area contributed by atoms with E-state index in [0.29, 0.717) is 22.0 Å². The van der Waals surface area contributed by atoms with Crippen molar-refractivity contribution in [2.75, 3.05) is 18.9 Å². The summed E-state index contributed by atoms with van der Waals surface area (Å²) in [6.45, 7) is 3.66. The van der Waals surface area contributed by atoms with Gasteiger partial charge in [0.15, 0.2) is 0 Å². The molecular weight excluding hydrogens is 420 g/mol. The van der Waals surface area contributed by atoms with Crippen LogP contribution < -0.4 is 10.1 Å². The molecule has 0 saturated carbocycles. The lowest BCUT2D eigenvalue weighted by atomic mass is 10.1. The Hall–Kier alpha value is -2.05. The van der Waals surface area contributed by atoms with Crippen LogP contribution in [0.15, 0.2) is 46.9 Å². The number of likely N-dealkylation sites (N-methyl/N-ethyl adjacent to an activating group) is 1. The van der Waals surface area contributed by atoms with E-state index in [9.17, 15) is 9.59 Å². The van der Waals surface area contributed by atoms with Crippen LogP contribution in [0.1, 0.15) is 24.2 Å². The van der Waals surface area contributed by atoms with Crippen LogP contribution in [0.5, 0.6) is 5.75 Å². The molecule has 2 aromatic carbocycles. The summed E-state index contributed by atoms with van der Waals surface area (Å²) in [5.74, 6) is -0.169. The Kier molecular flexibility index (Phi) is 7.06. The molecule has 0 saturated heterocycles. The highest BCUT2D eigenvalue weighted by atomic mass is 79.9. The minimum absolute atomic E-state index is 0.0790. The summed E-state index contributed by atoms with van der Waals surface area (Å²) in [5, 5.41) is 3.14. The molecule has 0 aliphatic heterocycles. The summed E-state index contributed by atoms with van der Waals surface area (Å²) >= 11 is 9.41. The van der Waals surface area contributed by atoms with Gasteiger partial charge in [0, 0.05) is 11.5 Å². The van der Waals surface area contributed by atoms with E-state index in [1.165, 1.54) is 4.90 Å². The Bertz CT molecular complexity index is 811. The summed E-state index contributed by atoms with van der Waals surface area (Å²) in [4.78, 5) is 26.3. The molecule has 2 aromatic rings. The monoisotopic (exact) mass is 438 g/mol. The third-order valence-electron chi connectivity index (χ3n) is 3.41. The van der Waals surface area contributed by atoms with Gasteiger partial charge in [-0.05, 0) is 44.2 Å². The molecule has 0 heterocycles. The van der Waals surface area contributed by atoms with Gasteiger partial charge in [-0.2, -0.15) is 0 Å². The minimum Gasteiger partial charge on any atom is -0.490 e. The van der Waals surface area contributed by atoms with Crippen LogP contribution in [0.2, 0.25) is 5.02 Å². The number of halogens is 2. The van der Waals surface area contributed by atoms with Gasteiger partial charge in [-0.25, -0.2) is 0 Å². The van der Waals surface area contributed by atoms with Crippen molar-refractivity contribution in [1.29, 1.82) is 0 Å². The normalized spacial score (nSPS) is 10.5. The number of ether oxygens (including phenoxy) is 1. The number of nitrogens with zero attached hydrogens (tertiary/aromatic N) is 1. The molecule has 0 aliphatic carbocycles. The quantitative estimate of drug-likeness (QED) is 0.715. The zero-order valence-corrected chi connectivity index (χ0v) is 17.1. The molecule has 0 bridgehead atoms. The summed E-state index contributed by atoms with van der Waals surface area (Å²) < 4.78 is 6.53. The molecule has 0 unspecified atom stereocenters. The topological polar surface area (TPSA) is 58.6 Å². The molecule has 0 aliphatic rings. The first kappa shape index (κ1) is 20.3. The molecule has 1 N–H and O–H groups in total. The average Bonchev–Trinajstić information content (AvgIpc) is 2.56. The predicted octanol–water partition coefficient (Wildman–Crippen LogP) is 4.60. The highest BCUT2D eigenvalue weighted by Crippen LogP contribution is 2.26. The van der Waals surface area contributed by atoms with Crippen LogP contribution in [0, 0.1) is 0 Å². The Balaban J connectivity index is 2.10. The lowest BCUT2D eigenvalue weighted by molar-refractivity contribution is -0.116. The molecule has 0 fully saturated rings. The first-order valence-corrected chi connectivity index (χ1v) is 9.21. The second-order valence-corrected chi connectivity index (χ2v) is 7.32. The lowest BCUT2D eigenvalue weighted by Crippen LogP contribution is -2.35. The van der Waals surface area contributed by atoms with Gasteiger partial charge in [0.1, 0.15) is 5.75 Å². The summed E-state index contributed by atoms with van der Waals surface area (Å²) in [6, 6.07) is 12.1. The van der Waals surface area contributed by atoms with Crippen LogP contribution in [0.3, 0.4) is 0 Å². The fourth-order valence-electron chi connectivity index (χ4n) is 2.27. The Morgan fingerprint density at radius 1 is 1.23 bits per heavy atom. The molecule has 0 atom stereocenters. The summed E-state index contributed by atoms with van der Waals surface area (Å²) in [5.41, 5.74) is 0.905. The van der Waals surface area contributed by atoms with Crippen molar-refractivity contribution in [3.8, 4) is 5.75 Å². The van der Waals surface area contributed by atoms with Crippen LogP contribution in [-0.4, -0.2) is 36.4 Å². The van der Waals surface area contributed by atoms with E-state index < -0.39 is 0 Å². The van der Waals surface area contributed by atoms with E-state index in [1.807, 2.05) is 13.8 Å². The van der Waals surface area contributed by atoms with Crippen molar-refractivity contribution < 1.29 is 14.3 Å². The highest BCUT2D eigenvalue weighted by Gasteiger charge is 2.20. The van der Waals surface area contributed by atoms with Crippen LogP contribution in [-0.2, 0) is 4.79 Å². The van der Waals surface area contributed by atoms with E-state index in [1.54, 1.807) is 49.5 Å². The van der Waals surface area contributed by atoms with Crippen LogP contribution >= 0.6 is 27.5 Å². The van der Waals surface area contributed by atoms with Gasteiger partial charge >= 0.3 is 0 Å². The van der Waals surface area contributed by atoms with Gasteiger partial charge < -0.3 is 15.0 Å². The number of carbonyl (C=O) groups excluding carboxylic acids is 2. The van der Waals surface area contributed by atoms with Crippen LogP contribution in [0.25, 0.3) is 0 Å². The Morgan fingerprint density at radius 3 is 2.58 bits per heavy atom. The standard InChI is InChI=1S/C19H20BrClN2O3/c1-12(2)26-17-10-13(20)8-9-14(17)19(25)23(3)11-18(24)22-16-7-5-4-6-15(16)21/h4-10,12H,11H2,1-3H3,(H,22,24). The number of carbonyl (C=O) groups is 2. The third kappa shape index (κ3) is 5.47. The third-order valence-corrected chi connectivity index (χ3v) is 4.23. The fourth-order valence-corrected chi connectivity index (χ4v) is 2.79. The molecule has 0 spiro atoms. The zero-order chi connectivity index (χ0) is 19.3. The SMILES string of the molecule is CC(C)Oc1cc(Br)ccc1C(=O)N(C)CC(=O)Nc1ccccc1Cl. The maximum Gasteiger partial charge on any atom is 0.257 e. The highest BCUT2D eigenvalue weighted by molar-refractivity contribution is 9.10. The number of rotatable bonds is 6. The van der Waals surface area contributed by atoms with E-state index in [2.05, 4.69) is 21.2 Å². The summed E-state index contributed by atoms with van der Waals surface area (Å²) in [7, 11) is 1.57. The van der Waals surface area contributed by atoms with Crippen molar-refractivity contribution in [2.24, 2.45) is 0 Å². The predicted molar refractivity (Wildman–Crippen MR) is 107 cm³/mol. The van der Waals surface area contributed by atoms with E-state index in [-0.39, 0.29) is 24.5 Å². The smallest absolute Gasteiger partial charge is 0.257 e. The van der Waals surface area contributed by atoms with Crippen molar-refractivity contribution in [1.82, 2.24) is 4.90 Å². The number of nitrogens with one attached hydrogen (secondary N) is 1. The van der Waals surface area contributed by atoms with Gasteiger partial charge in [0.2, 0.25) is 5.91 Å². The zero-order valence-electron chi connectivity index (χ0n) is 14.8.